The molecule has 0 saturated carbocycles. The third kappa shape index (κ3) is 3.67. The number of amides is 1. The van der Waals surface area contributed by atoms with Gasteiger partial charge in [-0.15, -0.1) is 0 Å². The average Bonchev–Trinajstić information content (AvgIpc) is 2.80. The number of carbonyl (C=O) groups excluding carboxylic acids is 1. The minimum absolute atomic E-state index is 0.0517. The van der Waals surface area contributed by atoms with Crippen LogP contribution < -0.4 is 5.32 Å². The first-order valence-electron chi connectivity index (χ1n) is 7.04. The highest BCUT2D eigenvalue weighted by Gasteiger charge is 2.16. The van der Waals surface area contributed by atoms with Gasteiger partial charge in [-0.3, -0.25) is 4.79 Å². The van der Waals surface area contributed by atoms with Gasteiger partial charge in [-0.05, 0) is 20.8 Å². The van der Waals surface area contributed by atoms with Gasteiger partial charge in [0, 0.05) is 31.8 Å². The van der Waals surface area contributed by atoms with Crippen LogP contribution in [0.1, 0.15) is 22.8 Å². The van der Waals surface area contributed by atoms with Crippen molar-refractivity contribution in [1.82, 2.24) is 20.4 Å². The second kappa shape index (κ2) is 7.13. The Labute approximate surface area is 129 Å². The third-order valence-electron chi connectivity index (χ3n) is 3.35. The second-order valence-corrected chi connectivity index (χ2v) is 5.03. The number of hydrogen-bond donors (Lipinski definition) is 1. The van der Waals surface area contributed by atoms with Gasteiger partial charge >= 0.3 is 0 Å². The summed E-state index contributed by atoms with van der Waals surface area (Å²) in [6.07, 6.45) is 2.31. The molecule has 0 fully saturated rings. The largest absolute Gasteiger partial charge is 0.375 e. The summed E-state index contributed by atoms with van der Waals surface area (Å²) in [7, 11) is 1.49. The van der Waals surface area contributed by atoms with Crippen molar-refractivity contribution in [2.75, 3.05) is 20.3 Å². The Morgan fingerprint density at radius 1 is 1.36 bits per heavy atom. The number of nitrogens with one attached hydrogen (secondary N) is 1. The van der Waals surface area contributed by atoms with Crippen LogP contribution in [-0.2, 0) is 16.0 Å². The van der Waals surface area contributed by atoms with E-state index in [9.17, 15) is 4.79 Å². The van der Waals surface area contributed by atoms with E-state index in [2.05, 4.69) is 20.4 Å². The van der Waals surface area contributed by atoms with E-state index in [-0.39, 0.29) is 12.5 Å². The molecule has 0 aliphatic carbocycles. The fourth-order valence-corrected chi connectivity index (χ4v) is 2.07. The van der Waals surface area contributed by atoms with Crippen LogP contribution in [0.15, 0.2) is 10.7 Å². The lowest BCUT2D eigenvalue weighted by molar-refractivity contribution is -0.124. The highest BCUT2D eigenvalue weighted by atomic mass is 16.5. The molecule has 1 N–H and O–H groups in total. The van der Waals surface area contributed by atoms with Crippen LogP contribution in [-0.4, -0.2) is 41.3 Å². The summed E-state index contributed by atoms with van der Waals surface area (Å²) in [6.45, 7) is 6.19. The zero-order valence-electron chi connectivity index (χ0n) is 13.3. The molecule has 0 aromatic carbocycles. The molecule has 2 heterocycles. The number of carbonyl (C=O) groups is 1. The van der Waals surface area contributed by atoms with Crippen LogP contribution in [0.2, 0.25) is 0 Å². The van der Waals surface area contributed by atoms with Crippen LogP contribution >= 0.6 is 0 Å². The summed E-state index contributed by atoms with van der Waals surface area (Å²) in [5.41, 5.74) is 3.45. The van der Waals surface area contributed by atoms with Crippen molar-refractivity contribution in [3.8, 4) is 11.3 Å². The molecular formula is C15H20N4O3. The fourth-order valence-electron chi connectivity index (χ4n) is 2.07. The maximum absolute atomic E-state index is 11.4. The van der Waals surface area contributed by atoms with Crippen LogP contribution in [0.3, 0.4) is 0 Å². The first-order valence-corrected chi connectivity index (χ1v) is 7.04. The standard InChI is InChI=1S/C15H20N4O3/c1-9-10(2)19-22-15(9)12-7-17-11(3)18-13(12)5-6-16-14(20)8-21-4/h7H,5-6,8H2,1-4H3,(H,16,20). The van der Waals surface area contributed by atoms with Crippen LogP contribution in [0, 0.1) is 20.8 Å². The van der Waals surface area contributed by atoms with Crippen LogP contribution in [0.25, 0.3) is 11.3 Å². The molecular weight excluding hydrogens is 284 g/mol. The van der Waals surface area contributed by atoms with Crippen LogP contribution in [0.4, 0.5) is 0 Å². The molecule has 0 spiro atoms. The van der Waals surface area contributed by atoms with Gasteiger partial charge in [0.2, 0.25) is 5.91 Å². The van der Waals surface area contributed by atoms with Gasteiger partial charge in [0.05, 0.1) is 17.0 Å². The van der Waals surface area contributed by atoms with E-state index in [0.29, 0.717) is 24.6 Å². The topological polar surface area (TPSA) is 90.1 Å². The second-order valence-electron chi connectivity index (χ2n) is 5.03. The summed E-state index contributed by atoms with van der Waals surface area (Å²) in [6, 6.07) is 0. The summed E-state index contributed by atoms with van der Waals surface area (Å²) in [5.74, 6) is 1.20. The van der Waals surface area contributed by atoms with Crippen molar-refractivity contribution >= 4 is 5.91 Å². The number of hydrogen-bond acceptors (Lipinski definition) is 6. The zero-order valence-corrected chi connectivity index (χ0v) is 13.3. The Kier molecular flexibility index (Phi) is 5.21. The van der Waals surface area contributed by atoms with Crippen molar-refractivity contribution in [3.63, 3.8) is 0 Å². The van der Waals surface area contributed by atoms with E-state index in [4.69, 9.17) is 9.26 Å². The Bertz CT molecular complexity index is 667. The lowest BCUT2D eigenvalue weighted by Gasteiger charge is -2.08. The Hall–Kier alpha value is -2.28. The van der Waals surface area contributed by atoms with Crippen molar-refractivity contribution in [1.29, 1.82) is 0 Å². The third-order valence-corrected chi connectivity index (χ3v) is 3.35. The maximum atomic E-state index is 11.4. The Balaban J connectivity index is 2.18. The van der Waals surface area contributed by atoms with Gasteiger partial charge in [-0.25, -0.2) is 9.97 Å². The monoisotopic (exact) mass is 304 g/mol. The van der Waals surface area contributed by atoms with Gasteiger partial charge in [0.15, 0.2) is 5.76 Å². The first kappa shape index (κ1) is 16.1. The molecule has 0 aliphatic rings. The Morgan fingerprint density at radius 3 is 2.77 bits per heavy atom. The van der Waals surface area contributed by atoms with Crippen molar-refractivity contribution in [2.24, 2.45) is 0 Å². The molecule has 2 aromatic rings. The van der Waals surface area contributed by atoms with E-state index in [1.54, 1.807) is 6.20 Å². The number of aromatic nitrogens is 3. The smallest absolute Gasteiger partial charge is 0.245 e. The quantitative estimate of drug-likeness (QED) is 0.866. The molecule has 0 atom stereocenters. The van der Waals surface area contributed by atoms with Crippen LogP contribution in [0.5, 0.6) is 0 Å². The molecule has 0 saturated heterocycles. The predicted molar refractivity (Wildman–Crippen MR) is 80.3 cm³/mol. The number of aryl methyl sites for hydroxylation is 2. The molecule has 2 aromatic heterocycles. The van der Waals surface area contributed by atoms with Crippen molar-refractivity contribution < 1.29 is 14.1 Å². The maximum Gasteiger partial charge on any atom is 0.245 e. The molecule has 0 radical (unpaired) electrons. The van der Waals surface area contributed by atoms with E-state index < -0.39 is 0 Å². The number of ether oxygens (including phenoxy) is 1. The fraction of sp³-hybridized carbons (Fsp3) is 0.467. The first-order chi connectivity index (χ1) is 10.5. The van der Waals surface area contributed by atoms with Crippen molar-refractivity contribution in [3.05, 3.63) is 29.0 Å². The highest BCUT2D eigenvalue weighted by molar-refractivity contribution is 5.77. The minimum Gasteiger partial charge on any atom is -0.375 e. The minimum atomic E-state index is -0.151. The molecule has 0 bridgehead atoms. The molecule has 2 rings (SSSR count). The van der Waals surface area contributed by atoms with Gasteiger partial charge in [-0.2, -0.15) is 0 Å². The summed E-state index contributed by atoms with van der Waals surface area (Å²) in [4.78, 5) is 20.1. The van der Waals surface area contributed by atoms with E-state index in [1.807, 2.05) is 20.8 Å². The number of methoxy groups -OCH3 is 1. The van der Waals surface area contributed by atoms with E-state index in [0.717, 1.165) is 22.5 Å². The molecule has 0 aliphatic heterocycles. The number of nitrogens with zero attached hydrogens (tertiary/aromatic N) is 3. The van der Waals surface area contributed by atoms with Gasteiger partial charge in [0.1, 0.15) is 12.4 Å². The SMILES string of the molecule is COCC(=O)NCCc1nc(C)ncc1-c1onc(C)c1C. The molecule has 22 heavy (non-hydrogen) atoms. The van der Waals surface area contributed by atoms with E-state index >= 15 is 0 Å². The highest BCUT2D eigenvalue weighted by Crippen LogP contribution is 2.27. The normalized spacial score (nSPS) is 10.7. The molecule has 1 amide bonds. The zero-order chi connectivity index (χ0) is 16.1. The summed E-state index contributed by atoms with van der Waals surface area (Å²) >= 11 is 0. The molecule has 0 unspecified atom stereocenters. The predicted octanol–water partition coefficient (Wildman–Crippen LogP) is 1.36. The molecule has 118 valence electrons. The van der Waals surface area contributed by atoms with E-state index in [1.165, 1.54) is 7.11 Å². The Morgan fingerprint density at radius 2 is 2.14 bits per heavy atom. The van der Waals surface area contributed by atoms with Gasteiger partial charge in [-0.1, -0.05) is 5.16 Å². The van der Waals surface area contributed by atoms with Gasteiger partial charge in [0.25, 0.3) is 0 Å². The molecule has 7 nitrogen and oxygen atoms in total. The lowest BCUT2D eigenvalue weighted by atomic mass is 10.1. The summed E-state index contributed by atoms with van der Waals surface area (Å²) < 4.78 is 10.2. The molecule has 7 heteroatoms. The number of rotatable bonds is 6. The van der Waals surface area contributed by atoms with Crippen molar-refractivity contribution in [2.45, 2.75) is 27.2 Å². The lowest BCUT2D eigenvalue weighted by Crippen LogP contribution is -2.29. The van der Waals surface area contributed by atoms with Gasteiger partial charge < -0.3 is 14.6 Å². The summed E-state index contributed by atoms with van der Waals surface area (Å²) in [5, 5.41) is 6.75. The average molecular weight is 304 g/mol.